The minimum atomic E-state index is -0.220. The number of benzene rings is 2. The number of amides is 2. The molecule has 1 aromatic heterocycles. The first kappa shape index (κ1) is 19.0. The summed E-state index contributed by atoms with van der Waals surface area (Å²) in [7, 11) is 0. The summed E-state index contributed by atoms with van der Waals surface area (Å²) >= 11 is 6.29. The van der Waals surface area contributed by atoms with Crippen molar-refractivity contribution in [3.63, 3.8) is 0 Å². The molecule has 148 valence electrons. The number of halogens is 1. The molecule has 1 aliphatic rings. The van der Waals surface area contributed by atoms with Crippen molar-refractivity contribution < 1.29 is 4.79 Å². The zero-order valence-corrected chi connectivity index (χ0v) is 16.7. The highest BCUT2D eigenvalue weighted by Crippen LogP contribution is 2.29. The van der Waals surface area contributed by atoms with E-state index >= 15 is 0 Å². The van der Waals surface area contributed by atoms with Crippen LogP contribution in [0.2, 0.25) is 5.02 Å². The summed E-state index contributed by atoms with van der Waals surface area (Å²) in [5.41, 5.74) is 4.71. The smallest absolute Gasteiger partial charge is 0.319 e. The van der Waals surface area contributed by atoms with E-state index in [0.29, 0.717) is 23.3 Å². The van der Waals surface area contributed by atoms with Gasteiger partial charge < -0.3 is 21.3 Å². The van der Waals surface area contributed by atoms with E-state index < -0.39 is 0 Å². The summed E-state index contributed by atoms with van der Waals surface area (Å²) in [6.07, 6.45) is 3.15. The molecule has 8 heteroatoms. The van der Waals surface area contributed by atoms with Crippen LogP contribution in [0.3, 0.4) is 0 Å². The van der Waals surface area contributed by atoms with Crippen LogP contribution < -0.4 is 21.3 Å². The van der Waals surface area contributed by atoms with Gasteiger partial charge in [-0.25, -0.2) is 9.78 Å². The normalized spacial score (nSPS) is 12.3. The molecule has 4 rings (SSSR count). The summed E-state index contributed by atoms with van der Waals surface area (Å²) in [4.78, 5) is 20.8. The standard InChI is InChI=1S/C21H21ClN6O/c1-2-23-21(29)27-18-9-8-16-11-14(18)7-6-13-4-3-5-15(10-13)26-20-24-12-17(22)19(25-16)28-20/h3-5,8-12H,2,6-7H2,1H3,(H2,23,27,29)(H2,24,25,26,28). The second kappa shape index (κ2) is 8.36. The first-order chi connectivity index (χ1) is 14.1. The number of fused-ring (bicyclic) bond motifs is 6. The van der Waals surface area contributed by atoms with E-state index in [-0.39, 0.29) is 6.03 Å². The molecule has 7 nitrogen and oxygen atoms in total. The zero-order chi connectivity index (χ0) is 20.2. The second-order valence-corrected chi connectivity index (χ2v) is 7.10. The first-order valence-electron chi connectivity index (χ1n) is 9.44. The van der Waals surface area contributed by atoms with Crippen molar-refractivity contribution in [3.8, 4) is 0 Å². The fraction of sp³-hybridized carbons (Fsp3) is 0.190. The molecule has 0 fully saturated rings. The summed E-state index contributed by atoms with van der Waals surface area (Å²) in [5, 5.41) is 12.6. The molecular formula is C21H21ClN6O. The largest absolute Gasteiger partial charge is 0.339 e. The number of carbonyl (C=O) groups excluding carboxylic acids is 1. The Kier molecular flexibility index (Phi) is 5.48. The molecule has 29 heavy (non-hydrogen) atoms. The third kappa shape index (κ3) is 4.57. The van der Waals surface area contributed by atoms with Crippen molar-refractivity contribution in [2.45, 2.75) is 19.8 Å². The number of urea groups is 1. The fourth-order valence-corrected chi connectivity index (χ4v) is 3.33. The van der Waals surface area contributed by atoms with Crippen LogP contribution in [0.5, 0.6) is 0 Å². The second-order valence-electron chi connectivity index (χ2n) is 6.70. The lowest BCUT2D eigenvalue weighted by atomic mass is 10.0. The summed E-state index contributed by atoms with van der Waals surface area (Å²) in [5.74, 6) is 0.970. The molecular weight excluding hydrogens is 388 g/mol. The van der Waals surface area contributed by atoms with Gasteiger partial charge in [0.1, 0.15) is 5.02 Å². The van der Waals surface area contributed by atoms with Gasteiger partial charge in [0, 0.05) is 23.6 Å². The molecule has 0 saturated carbocycles. The van der Waals surface area contributed by atoms with Gasteiger partial charge in [0.25, 0.3) is 0 Å². The Hall–Kier alpha value is -3.32. The quantitative estimate of drug-likeness (QED) is 0.486. The molecule has 2 amide bonds. The van der Waals surface area contributed by atoms with E-state index in [9.17, 15) is 4.79 Å². The predicted molar refractivity (Wildman–Crippen MR) is 117 cm³/mol. The maximum atomic E-state index is 12.0. The molecule has 0 aliphatic carbocycles. The van der Waals surface area contributed by atoms with Crippen LogP contribution in [0, 0.1) is 0 Å². The number of hydrogen-bond acceptors (Lipinski definition) is 5. The number of anilines is 5. The summed E-state index contributed by atoms with van der Waals surface area (Å²) in [6.45, 7) is 2.45. The van der Waals surface area contributed by atoms with Crippen LogP contribution in [0.4, 0.5) is 33.6 Å². The lowest BCUT2D eigenvalue weighted by Gasteiger charge is -2.14. The number of aryl methyl sites for hydroxylation is 2. The Balaban J connectivity index is 1.75. The predicted octanol–water partition coefficient (Wildman–Crippen LogP) is 4.86. The van der Waals surface area contributed by atoms with Crippen LogP contribution >= 0.6 is 11.6 Å². The van der Waals surface area contributed by atoms with Crippen LogP contribution in [0.25, 0.3) is 0 Å². The fourth-order valence-electron chi connectivity index (χ4n) is 3.19. The number of rotatable bonds is 2. The van der Waals surface area contributed by atoms with Crippen LogP contribution in [-0.4, -0.2) is 22.5 Å². The summed E-state index contributed by atoms with van der Waals surface area (Å²) in [6, 6.07) is 13.7. The Bertz CT molecular complexity index is 1060. The number of hydrogen-bond donors (Lipinski definition) is 4. The van der Waals surface area contributed by atoms with E-state index in [1.807, 2.05) is 37.3 Å². The highest BCUT2D eigenvalue weighted by molar-refractivity contribution is 6.32. The Morgan fingerprint density at radius 2 is 2.00 bits per heavy atom. The molecule has 0 spiro atoms. The van der Waals surface area contributed by atoms with E-state index in [0.717, 1.165) is 35.5 Å². The van der Waals surface area contributed by atoms with Gasteiger partial charge in [0.05, 0.1) is 6.20 Å². The number of nitrogens with zero attached hydrogens (tertiary/aromatic N) is 2. The van der Waals surface area contributed by atoms with Crippen molar-refractivity contribution >= 4 is 46.5 Å². The topological polar surface area (TPSA) is 91.0 Å². The van der Waals surface area contributed by atoms with Gasteiger partial charge in [-0.15, -0.1) is 0 Å². The minimum absolute atomic E-state index is 0.220. The van der Waals surface area contributed by atoms with E-state index in [4.69, 9.17) is 11.6 Å². The highest BCUT2D eigenvalue weighted by atomic mass is 35.5. The number of carbonyl (C=O) groups is 1. The first-order valence-corrected chi connectivity index (χ1v) is 9.82. The van der Waals surface area contributed by atoms with Crippen molar-refractivity contribution in [1.82, 2.24) is 15.3 Å². The average Bonchev–Trinajstić information content (AvgIpc) is 2.71. The maximum absolute atomic E-state index is 12.0. The van der Waals surface area contributed by atoms with E-state index in [1.165, 1.54) is 5.56 Å². The highest BCUT2D eigenvalue weighted by Gasteiger charge is 2.12. The molecule has 0 unspecified atom stereocenters. The molecule has 1 aliphatic heterocycles. The monoisotopic (exact) mass is 408 g/mol. The van der Waals surface area contributed by atoms with E-state index in [1.54, 1.807) is 6.20 Å². The lowest BCUT2D eigenvalue weighted by molar-refractivity contribution is 0.252. The van der Waals surface area contributed by atoms with Crippen molar-refractivity contribution in [1.29, 1.82) is 0 Å². The third-order valence-electron chi connectivity index (χ3n) is 4.56. The van der Waals surface area contributed by atoms with Crippen LogP contribution in [0.15, 0.2) is 48.7 Å². The third-order valence-corrected chi connectivity index (χ3v) is 4.84. The molecule has 2 aromatic carbocycles. The Morgan fingerprint density at radius 1 is 1.14 bits per heavy atom. The van der Waals surface area contributed by atoms with Gasteiger partial charge in [0.2, 0.25) is 5.95 Å². The van der Waals surface area contributed by atoms with Crippen LogP contribution in [0.1, 0.15) is 18.1 Å². The maximum Gasteiger partial charge on any atom is 0.319 e. The van der Waals surface area contributed by atoms with Crippen molar-refractivity contribution in [2.24, 2.45) is 0 Å². The minimum Gasteiger partial charge on any atom is -0.339 e. The average molecular weight is 409 g/mol. The van der Waals surface area contributed by atoms with Gasteiger partial charge in [-0.1, -0.05) is 23.7 Å². The lowest BCUT2D eigenvalue weighted by Crippen LogP contribution is -2.28. The Morgan fingerprint density at radius 3 is 2.86 bits per heavy atom. The number of nitrogens with one attached hydrogen (secondary N) is 4. The molecule has 2 heterocycles. The zero-order valence-electron chi connectivity index (χ0n) is 15.9. The van der Waals surface area contributed by atoms with Gasteiger partial charge in [-0.05, 0) is 61.2 Å². The van der Waals surface area contributed by atoms with Crippen LogP contribution in [-0.2, 0) is 12.8 Å². The molecule has 0 atom stereocenters. The van der Waals surface area contributed by atoms with Gasteiger partial charge >= 0.3 is 6.03 Å². The van der Waals surface area contributed by atoms with Crippen molar-refractivity contribution in [2.75, 3.05) is 22.5 Å². The molecule has 6 bridgehead atoms. The van der Waals surface area contributed by atoms with E-state index in [2.05, 4.69) is 43.4 Å². The molecule has 3 aromatic rings. The van der Waals surface area contributed by atoms with Gasteiger partial charge in [-0.2, -0.15) is 4.98 Å². The van der Waals surface area contributed by atoms with Gasteiger partial charge in [-0.3, -0.25) is 0 Å². The Labute approximate surface area is 173 Å². The number of aromatic nitrogens is 2. The van der Waals surface area contributed by atoms with Gasteiger partial charge in [0.15, 0.2) is 5.82 Å². The molecule has 4 N–H and O–H groups in total. The summed E-state index contributed by atoms with van der Waals surface area (Å²) < 4.78 is 0. The molecule has 0 radical (unpaired) electrons. The SMILES string of the molecule is CCNC(=O)Nc1ccc2cc1CCc1cccc(c1)Nc1ncc(Cl)c(n1)N2. The molecule has 0 saturated heterocycles. The van der Waals surface area contributed by atoms with Crippen molar-refractivity contribution in [3.05, 3.63) is 64.8 Å².